The van der Waals surface area contributed by atoms with Gasteiger partial charge in [0.15, 0.2) is 0 Å². The molecule has 3 rings (SSSR count). The van der Waals surface area contributed by atoms with Crippen molar-refractivity contribution in [3.05, 3.63) is 41.2 Å². The first kappa shape index (κ1) is 14.3. The molecule has 110 valence electrons. The van der Waals surface area contributed by atoms with E-state index in [0.717, 1.165) is 10.8 Å². The monoisotopic (exact) mass is 302 g/mol. The second-order valence-corrected chi connectivity index (χ2v) is 6.23. The van der Waals surface area contributed by atoms with Crippen LogP contribution >= 0.6 is 11.6 Å². The normalized spacial score (nSPS) is 17.0. The van der Waals surface area contributed by atoms with Crippen molar-refractivity contribution in [2.45, 2.75) is 38.6 Å². The summed E-state index contributed by atoms with van der Waals surface area (Å²) in [6.45, 7) is 2.09. The minimum Gasteiger partial charge on any atom is -0.349 e. The van der Waals surface area contributed by atoms with Crippen molar-refractivity contribution in [2.24, 2.45) is 5.92 Å². The molecule has 1 fully saturated rings. The predicted octanol–water partition coefficient (Wildman–Crippen LogP) is 4.20. The Morgan fingerprint density at radius 3 is 2.86 bits per heavy atom. The van der Waals surface area contributed by atoms with Crippen molar-refractivity contribution in [1.82, 2.24) is 10.3 Å². The Morgan fingerprint density at radius 2 is 2.10 bits per heavy atom. The van der Waals surface area contributed by atoms with Crippen LogP contribution in [0, 0.1) is 5.92 Å². The quantitative estimate of drug-likeness (QED) is 0.923. The SMILES string of the molecule is C[C@@H](NC(=O)c1c(Cl)ccc2ccncc12)C1CCCC1. The van der Waals surface area contributed by atoms with Crippen LogP contribution in [-0.4, -0.2) is 16.9 Å². The molecule has 1 amide bonds. The molecule has 1 aliphatic carbocycles. The van der Waals surface area contributed by atoms with E-state index in [-0.39, 0.29) is 11.9 Å². The van der Waals surface area contributed by atoms with Gasteiger partial charge in [0.25, 0.3) is 5.91 Å². The van der Waals surface area contributed by atoms with Crippen LogP contribution in [0.15, 0.2) is 30.6 Å². The van der Waals surface area contributed by atoms with E-state index in [0.29, 0.717) is 16.5 Å². The van der Waals surface area contributed by atoms with E-state index in [1.165, 1.54) is 25.7 Å². The lowest BCUT2D eigenvalue weighted by atomic mass is 9.99. The molecule has 21 heavy (non-hydrogen) atoms. The van der Waals surface area contributed by atoms with Crippen LogP contribution < -0.4 is 5.32 Å². The number of nitrogens with one attached hydrogen (secondary N) is 1. The maximum atomic E-state index is 12.6. The third-order valence-corrected chi connectivity index (χ3v) is 4.78. The number of rotatable bonds is 3. The zero-order valence-electron chi connectivity index (χ0n) is 12.1. The van der Waals surface area contributed by atoms with E-state index in [2.05, 4.69) is 17.2 Å². The maximum absolute atomic E-state index is 12.6. The van der Waals surface area contributed by atoms with Gasteiger partial charge in [-0.3, -0.25) is 9.78 Å². The molecule has 1 saturated carbocycles. The van der Waals surface area contributed by atoms with Gasteiger partial charge < -0.3 is 5.32 Å². The van der Waals surface area contributed by atoms with Crippen molar-refractivity contribution in [3.63, 3.8) is 0 Å². The summed E-state index contributed by atoms with van der Waals surface area (Å²) in [6, 6.07) is 5.77. The Balaban J connectivity index is 1.88. The maximum Gasteiger partial charge on any atom is 0.253 e. The summed E-state index contributed by atoms with van der Waals surface area (Å²) in [7, 11) is 0. The first-order valence-electron chi connectivity index (χ1n) is 7.50. The third kappa shape index (κ3) is 2.88. The van der Waals surface area contributed by atoms with Crippen LogP contribution in [0.2, 0.25) is 5.02 Å². The van der Waals surface area contributed by atoms with Gasteiger partial charge in [-0.15, -0.1) is 0 Å². The van der Waals surface area contributed by atoms with E-state index in [4.69, 9.17) is 11.6 Å². The molecule has 0 radical (unpaired) electrons. The third-order valence-electron chi connectivity index (χ3n) is 4.46. The molecule has 1 heterocycles. The van der Waals surface area contributed by atoms with Crippen molar-refractivity contribution >= 4 is 28.3 Å². The summed E-state index contributed by atoms with van der Waals surface area (Å²) in [5.41, 5.74) is 0.534. The van der Waals surface area contributed by atoms with Crippen molar-refractivity contribution in [3.8, 4) is 0 Å². The lowest BCUT2D eigenvalue weighted by molar-refractivity contribution is 0.0929. The lowest BCUT2D eigenvalue weighted by Gasteiger charge is -2.21. The number of amides is 1. The molecule has 0 unspecified atom stereocenters. The van der Waals surface area contributed by atoms with Gasteiger partial charge in [-0.1, -0.05) is 30.5 Å². The minimum absolute atomic E-state index is 0.0991. The van der Waals surface area contributed by atoms with E-state index < -0.39 is 0 Å². The number of hydrogen-bond donors (Lipinski definition) is 1. The fourth-order valence-electron chi connectivity index (χ4n) is 3.22. The largest absolute Gasteiger partial charge is 0.349 e. The summed E-state index contributed by atoms with van der Waals surface area (Å²) < 4.78 is 0. The molecule has 0 bridgehead atoms. The molecular weight excluding hydrogens is 284 g/mol. The Labute approximate surface area is 129 Å². The van der Waals surface area contributed by atoms with Gasteiger partial charge in [0.1, 0.15) is 0 Å². The van der Waals surface area contributed by atoms with Gasteiger partial charge >= 0.3 is 0 Å². The van der Waals surface area contributed by atoms with Gasteiger partial charge in [0.05, 0.1) is 10.6 Å². The number of hydrogen-bond acceptors (Lipinski definition) is 2. The number of pyridine rings is 1. The van der Waals surface area contributed by atoms with Crippen molar-refractivity contribution < 1.29 is 4.79 Å². The van der Waals surface area contributed by atoms with Gasteiger partial charge in [-0.05, 0) is 43.2 Å². The smallest absolute Gasteiger partial charge is 0.253 e. The summed E-state index contributed by atoms with van der Waals surface area (Å²) in [4.78, 5) is 16.7. The molecule has 1 N–H and O–H groups in total. The topological polar surface area (TPSA) is 42.0 Å². The van der Waals surface area contributed by atoms with Crippen LogP contribution in [0.4, 0.5) is 0 Å². The van der Waals surface area contributed by atoms with Gasteiger partial charge in [0, 0.05) is 23.8 Å². The molecule has 3 nitrogen and oxygen atoms in total. The first-order valence-corrected chi connectivity index (χ1v) is 7.87. The molecule has 1 atom stereocenters. The highest BCUT2D eigenvalue weighted by Crippen LogP contribution is 2.29. The second-order valence-electron chi connectivity index (χ2n) is 5.83. The zero-order chi connectivity index (χ0) is 14.8. The molecule has 4 heteroatoms. The fraction of sp³-hybridized carbons (Fsp3) is 0.412. The zero-order valence-corrected chi connectivity index (χ0v) is 12.9. The predicted molar refractivity (Wildman–Crippen MR) is 85.6 cm³/mol. The van der Waals surface area contributed by atoms with E-state index in [9.17, 15) is 4.79 Å². The molecule has 0 aliphatic heterocycles. The van der Waals surface area contributed by atoms with Crippen LogP contribution in [0.1, 0.15) is 43.0 Å². The Hall–Kier alpha value is -1.61. The molecule has 1 aromatic carbocycles. The van der Waals surface area contributed by atoms with Gasteiger partial charge in [-0.2, -0.15) is 0 Å². The summed E-state index contributed by atoms with van der Waals surface area (Å²) in [6.07, 6.45) is 8.36. The number of carbonyl (C=O) groups excluding carboxylic acids is 1. The number of nitrogens with zero attached hydrogens (tertiary/aromatic N) is 1. The van der Waals surface area contributed by atoms with Gasteiger partial charge in [-0.25, -0.2) is 0 Å². The first-order chi connectivity index (χ1) is 10.2. The number of aromatic nitrogens is 1. The highest BCUT2D eigenvalue weighted by atomic mass is 35.5. The molecule has 1 aliphatic rings. The molecule has 1 aromatic heterocycles. The highest BCUT2D eigenvalue weighted by molar-refractivity contribution is 6.35. The van der Waals surface area contributed by atoms with Gasteiger partial charge in [0.2, 0.25) is 0 Å². The van der Waals surface area contributed by atoms with Crippen LogP contribution in [-0.2, 0) is 0 Å². The molecule has 2 aromatic rings. The number of fused-ring (bicyclic) bond motifs is 1. The minimum atomic E-state index is -0.0991. The Kier molecular flexibility index (Phi) is 4.11. The Bertz CT molecular complexity index is 665. The van der Waals surface area contributed by atoms with Crippen molar-refractivity contribution in [2.75, 3.05) is 0 Å². The van der Waals surface area contributed by atoms with E-state index in [1.54, 1.807) is 18.5 Å². The van der Waals surface area contributed by atoms with Crippen LogP contribution in [0.25, 0.3) is 10.8 Å². The molecule has 0 saturated heterocycles. The number of carbonyl (C=O) groups is 1. The fourth-order valence-corrected chi connectivity index (χ4v) is 3.47. The summed E-state index contributed by atoms with van der Waals surface area (Å²) in [5.74, 6) is 0.485. The Morgan fingerprint density at radius 1 is 1.33 bits per heavy atom. The summed E-state index contributed by atoms with van der Waals surface area (Å²) >= 11 is 6.25. The van der Waals surface area contributed by atoms with E-state index in [1.807, 2.05) is 12.1 Å². The number of benzene rings is 1. The average molecular weight is 303 g/mol. The standard InChI is InChI=1S/C17H19ClN2O/c1-11(12-4-2-3-5-12)20-17(21)16-14-10-19-9-8-13(14)6-7-15(16)18/h6-12H,2-5H2,1H3,(H,20,21)/t11-/m1/s1. The molecule has 0 spiro atoms. The molecular formula is C17H19ClN2O. The van der Waals surface area contributed by atoms with Crippen molar-refractivity contribution in [1.29, 1.82) is 0 Å². The highest BCUT2D eigenvalue weighted by Gasteiger charge is 2.24. The van der Waals surface area contributed by atoms with E-state index >= 15 is 0 Å². The van der Waals surface area contributed by atoms with Crippen LogP contribution in [0.5, 0.6) is 0 Å². The second kappa shape index (κ2) is 6.02. The number of halogens is 1. The average Bonchev–Trinajstić information content (AvgIpc) is 3.01. The summed E-state index contributed by atoms with van der Waals surface area (Å²) in [5, 5.41) is 5.38. The van der Waals surface area contributed by atoms with Crippen LogP contribution in [0.3, 0.4) is 0 Å². The lowest BCUT2D eigenvalue weighted by Crippen LogP contribution is -2.37.